The van der Waals surface area contributed by atoms with Crippen molar-refractivity contribution in [1.29, 1.82) is 0 Å². The van der Waals surface area contributed by atoms with Crippen molar-refractivity contribution in [1.82, 2.24) is 0 Å². The average Bonchev–Trinajstić information content (AvgIpc) is 2.21. The summed E-state index contributed by atoms with van der Waals surface area (Å²) < 4.78 is 0. The second-order valence-corrected chi connectivity index (χ2v) is 5.33. The van der Waals surface area contributed by atoms with Crippen molar-refractivity contribution in [3.63, 3.8) is 0 Å². The van der Waals surface area contributed by atoms with E-state index in [9.17, 15) is 5.11 Å². The Hall–Kier alpha value is -1.18. The molecule has 2 radical (unpaired) electrons. The van der Waals surface area contributed by atoms with Crippen LogP contribution in [0.2, 0.25) is 0 Å². The molecule has 0 bridgehead atoms. The third-order valence-electron chi connectivity index (χ3n) is 3.79. The van der Waals surface area contributed by atoms with Gasteiger partial charge in [0, 0.05) is 11.5 Å². The van der Waals surface area contributed by atoms with Gasteiger partial charge in [0.05, 0.1) is 0 Å². The highest BCUT2D eigenvalue weighted by atomic mass is 16.3. The fourth-order valence-corrected chi connectivity index (χ4v) is 2.80. The SMILES string of the molecule is [B]c1cc(C)c(C2C=C(C)CCC2C)c(O)c1. The zero-order valence-electron chi connectivity index (χ0n) is 10.8. The van der Waals surface area contributed by atoms with E-state index in [1.165, 1.54) is 18.4 Å². The van der Waals surface area contributed by atoms with Crippen LogP contribution in [0.5, 0.6) is 5.75 Å². The highest BCUT2D eigenvalue weighted by Crippen LogP contribution is 2.40. The van der Waals surface area contributed by atoms with Gasteiger partial charge in [0.15, 0.2) is 0 Å². The van der Waals surface area contributed by atoms with Gasteiger partial charge in [0.2, 0.25) is 0 Å². The van der Waals surface area contributed by atoms with Crippen LogP contribution in [0, 0.1) is 12.8 Å². The van der Waals surface area contributed by atoms with Gasteiger partial charge in [0.25, 0.3) is 0 Å². The summed E-state index contributed by atoms with van der Waals surface area (Å²) >= 11 is 0. The van der Waals surface area contributed by atoms with Crippen molar-refractivity contribution >= 4 is 13.3 Å². The first-order valence-corrected chi connectivity index (χ1v) is 6.25. The Kier molecular flexibility index (Phi) is 3.32. The maximum Gasteiger partial charge on any atom is 0.119 e. The minimum absolute atomic E-state index is 0.323. The maximum atomic E-state index is 10.1. The van der Waals surface area contributed by atoms with Crippen LogP contribution in [0.1, 0.15) is 43.7 Å². The number of rotatable bonds is 1. The Labute approximate surface area is 105 Å². The first-order valence-electron chi connectivity index (χ1n) is 6.25. The number of aryl methyl sites for hydroxylation is 1. The summed E-state index contributed by atoms with van der Waals surface area (Å²) in [5.41, 5.74) is 4.19. The van der Waals surface area contributed by atoms with E-state index < -0.39 is 0 Å². The molecule has 1 aliphatic carbocycles. The van der Waals surface area contributed by atoms with Crippen LogP contribution >= 0.6 is 0 Å². The standard InChI is InChI=1S/C15H19BO/c1-9-4-5-10(2)13(6-9)15-11(3)7-12(16)8-14(15)17/h6-8,10,13,17H,4-5H2,1-3H3. The number of allylic oxidation sites excluding steroid dienone is 2. The smallest absolute Gasteiger partial charge is 0.119 e. The predicted octanol–water partition coefficient (Wildman–Crippen LogP) is 2.95. The zero-order chi connectivity index (χ0) is 12.6. The molecular formula is C15H19BO. The molecule has 0 amide bonds. The molecule has 88 valence electrons. The largest absolute Gasteiger partial charge is 0.508 e. The minimum atomic E-state index is 0.323. The molecule has 0 aliphatic heterocycles. The van der Waals surface area contributed by atoms with Gasteiger partial charge < -0.3 is 5.11 Å². The number of phenolic OH excluding ortho intramolecular Hbond substituents is 1. The molecule has 2 rings (SSSR count). The number of hydrogen-bond donors (Lipinski definition) is 1. The number of hydrogen-bond acceptors (Lipinski definition) is 1. The highest BCUT2D eigenvalue weighted by Gasteiger charge is 2.25. The molecular weight excluding hydrogens is 207 g/mol. The number of benzene rings is 1. The van der Waals surface area contributed by atoms with Crippen molar-refractivity contribution in [2.45, 2.75) is 39.5 Å². The Morgan fingerprint density at radius 3 is 2.65 bits per heavy atom. The third kappa shape index (κ3) is 2.41. The molecule has 2 atom stereocenters. The molecule has 0 heterocycles. The molecule has 1 N–H and O–H groups in total. The molecule has 1 nitrogen and oxygen atoms in total. The summed E-state index contributed by atoms with van der Waals surface area (Å²) in [4.78, 5) is 0. The molecule has 0 saturated carbocycles. The molecule has 0 fully saturated rings. The van der Waals surface area contributed by atoms with Crippen molar-refractivity contribution in [2.75, 3.05) is 0 Å². The first kappa shape index (κ1) is 12.3. The molecule has 1 aromatic carbocycles. The highest BCUT2D eigenvalue weighted by molar-refractivity contribution is 6.32. The predicted molar refractivity (Wildman–Crippen MR) is 73.1 cm³/mol. The quantitative estimate of drug-likeness (QED) is 0.576. The third-order valence-corrected chi connectivity index (χ3v) is 3.79. The Balaban J connectivity index is 2.49. The van der Waals surface area contributed by atoms with Gasteiger partial charge in [-0.3, -0.25) is 0 Å². The summed E-state index contributed by atoms with van der Waals surface area (Å²) in [5.74, 6) is 1.24. The van der Waals surface area contributed by atoms with Gasteiger partial charge in [-0.05, 0) is 44.2 Å². The van der Waals surface area contributed by atoms with E-state index in [0.29, 0.717) is 23.0 Å². The van der Waals surface area contributed by atoms with Gasteiger partial charge in [-0.15, -0.1) is 0 Å². The molecule has 0 saturated heterocycles. The number of phenols is 1. The maximum absolute atomic E-state index is 10.1. The molecule has 2 unspecified atom stereocenters. The molecule has 0 spiro atoms. The van der Waals surface area contributed by atoms with Crippen molar-refractivity contribution in [3.8, 4) is 5.75 Å². The van der Waals surface area contributed by atoms with E-state index >= 15 is 0 Å². The monoisotopic (exact) mass is 226 g/mol. The van der Waals surface area contributed by atoms with Gasteiger partial charge >= 0.3 is 0 Å². The molecule has 1 aromatic rings. The minimum Gasteiger partial charge on any atom is -0.508 e. The van der Waals surface area contributed by atoms with Gasteiger partial charge in [0.1, 0.15) is 13.6 Å². The fourth-order valence-electron chi connectivity index (χ4n) is 2.80. The van der Waals surface area contributed by atoms with Crippen LogP contribution in [-0.4, -0.2) is 13.0 Å². The summed E-state index contributed by atoms with van der Waals surface area (Å²) in [5, 5.41) is 10.1. The fraction of sp³-hybridized carbons (Fsp3) is 0.467. The second-order valence-electron chi connectivity index (χ2n) is 5.33. The topological polar surface area (TPSA) is 20.2 Å². The Morgan fingerprint density at radius 1 is 1.29 bits per heavy atom. The molecule has 0 aromatic heterocycles. The van der Waals surface area contributed by atoms with Gasteiger partial charge in [-0.1, -0.05) is 30.1 Å². The molecule has 17 heavy (non-hydrogen) atoms. The van der Waals surface area contributed by atoms with E-state index in [0.717, 1.165) is 11.1 Å². The van der Waals surface area contributed by atoms with Crippen LogP contribution in [0.15, 0.2) is 23.8 Å². The lowest BCUT2D eigenvalue weighted by atomic mass is 9.76. The van der Waals surface area contributed by atoms with Gasteiger partial charge in [-0.2, -0.15) is 0 Å². The lowest BCUT2D eigenvalue weighted by molar-refractivity contribution is 0.423. The van der Waals surface area contributed by atoms with Crippen LogP contribution in [0.4, 0.5) is 0 Å². The Morgan fingerprint density at radius 2 is 2.00 bits per heavy atom. The number of aromatic hydroxyl groups is 1. The average molecular weight is 226 g/mol. The summed E-state index contributed by atoms with van der Waals surface area (Å²) in [7, 11) is 5.74. The van der Waals surface area contributed by atoms with E-state index in [1.54, 1.807) is 6.07 Å². The van der Waals surface area contributed by atoms with Crippen molar-refractivity contribution in [3.05, 3.63) is 34.9 Å². The normalized spacial score (nSPS) is 24.5. The van der Waals surface area contributed by atoms with E-state index in [2.05, 4.69) is 19.9 Å². The molecule has 2 heteroatoms. The first-order chi connectivity index (χ1) is 7.99. The van der Waals surface area contributed by atoms with Crippen molar-refractivity contribution in [2.24, 2.45) is 5.92 Å². The molecule has 1 aliphatic rings. The second kappa shape index (κ2) is 4.60. The zero-order valence-corrected chi connectivity index (χ0v) is 10.8. The van der Waals surface area contributed by atoms with E-state index in [1.807, 2.05) is 13.0 Å². The lowest BCUT2D eigenvalue weighted by Crippen LogP contribution is -2.15. The van der Waals surface area contributed by atoms with Gasteiger partial charge in [-0.25, -0.2) is 0 Å². The summed E-state index contributed by atoms with van der Waals surface area (Å²) in [6.07, 6.45) is 4.66. The van der Waals surface area contributed by atoms with Crippen molar-refractivity contribution < 1.29 is 5.11 Å². The van der Waals surface area contributed by atoms with Crippen LogP contribution < -0.4 is 5.46 Å². The van der Waals surface area contributed by atoms with Crippen LogP contribution in [0.3, 0.4) is 0 Å². The summed E-state index contributed by atoms with van der Waals surface area (Å²) in [6.45, 7) is 6.45. The lowest BCUT2D eigenvalue weighted by Gasteiger charge is -2.29. The van der Waals surface area contributed by atoms with E-state index in [4.69, 9.17) is 7.85 Å². The van der Waals surface area contributed by atoms with Crippen LogP contribution in [-0.2, 0) is 0 Å². The summed E-state index contributed by atoms with van der Waals surface area (Å²) in [6, 6.07) is 3.60. The van der Waals surface area contributed by atoms with Crippen LogP contribution in [0.25, 0.3) is 0 Å². The Bertz CT molecular complexity index is 439. The van der Waals surface area contributed by atoms with E-state index in [-0.39, 0.29) is 0 Å².